The first-order valence-corrected chi connectivity index (χ1v) is 9.56. The van der Waals surface area contributed by atoms with Gasteiger partial charge in [-0.15, -0.1) is 0 Å². The van der Waals surface area contributed by atoms with Gasteiger partial charge in [0.1, 0.15) is 0 Å². The Morgan fingerprint density at radius 2 is 1.96 bits per heavy atom. The fraction of sp³-hybridized carbons (Fsp3) is 0.619. The van der Waals surface area contributed by atoms with E-state index in [1.165, 1.54) is 11.4 Å². The Morgan fingerprint density at radius 3 is 2.72 bits per heavy atom. The molecule has 2 bridgehead atoms. The maximum Gasteiger partial charge on any atom is 0.250 e. The topological polar surface area (TPSA) is 42.3 Å². The summed E-state index contributed by atoms with van der Waals surface area (Å²) in [5.41, 5.74) is 3.93. The number of nitrogens with zero attached hydrogens (tertiary/aromatic N) is 2. The molecule has 2 aliphatic heterocycles. The lowest BCUT2D eigenvalue weighted by atomic mass is 9.82. The number of piperidine rings is 1. The van der Waals surface area contributed by atoms with Crippen LogP contribution in [0.25, 0.3) is 0 Å². The molecule has 132 valence electrons. The Balaban J connectivity index is 1.49. The molecule has 0 radical (unpaired) electrons. The number of hydrogen-bond acceptors (Lipinski definition) is 3. The van der Waals surface area contributed by atoms with Gasteiger partial charge in [-0.2, -0.15) is 0 Å². The number of pyridine rings is 1. The van der Waals surface area contributed by atoms with Gasteiger partial charge in [0.2, 0.25) is 0 Å². The van der Waals surface area contributed by atoms with Crippen LogP contribution in [0.4, 0.5) is 0 Å². The van der Waals surface area contributed by atoms with Gasteiger partial charge in [-0.25, -0.2) is 0 Å². The molecule has 2 saturated carbocycles. The second kappa shape index (κ2) is 4.87. The predicted octanol–water partition coefficient (Wildman–Crippen LogP) is 2.79. The highest BCUT2D eigenvalue weighted by Crippen LogP contribution is 2.68. The quantitative estimate of drug-likeness (QED) is 0.740. The molecule has 1 aromatic heterocycles. The van der Waals surface area contributed by atoms with Gasteiger partial charge in [0.25, 0.3) is 5.56 Å². The highest BCUT2D eigenvalue weighted by Gasteiger charge is 2.65. The normalized spacial score (nSPS) is 36.8. The molecule has 0 aromatic carbocycles. The van der Waals surface area contributed by atoms with E-state index >= 15 is 0 Å². The molecule has 0 unspecified atom stereocenters. The average Bonchev–Trinajstić information content (AvgIpc) is 2.90. The fourth-order valence-electron chi connectivity index (χ4n) is 5.95. The van der Waals surface area contributed by atoms with Gasteiger partial charge in [-0.1, -0.05) is 19.9 Å². The smallest absolute Gasteiger partial charge is 0.250 e. The van der Waals surface area contributed by atoms with Crippen molar-refractivity contribution >= 4 is 5.78 Å². The lowest BCUT2D eigenvalue weighted by Gasteiger charge is -2.44. The van der Waals surface area contributed by atoms with Crippen LogP contribution in [0.5, 0.6) is 0 Å². The van der Waals surface area contributed by atoms with Crippen molar-refractivity contribution in [2.24, 2.45) is 23.2 Å². The summed E-state index contributed by atoms with van der Waals surface area (Å²) in [7, 11) is 0. The number of rotatable bonds is 1. The van der Waals surface area contributed by atoms with Crippen molar-refractivity contribution in [3.63, 3.8) is 0 Å². The molecule has 1 saturated heterocycles. The largest absolute Gasteiger partial charge is 0.374 e. The number of hydrogen-bond donors (Lipinski definition) is 0. The third-order valence-electron chi connectivity index (χ3n) is 7.41. The third-order valence-corrected chi connectivity index (χ3v) is 7.41. The van der Waals surface area contributed by atoms with Crippen LogP contribution in [0.15, 0.2) is 34.3 Å². The summed E-state index contributed by atoms with van der Waals surface area (Å²) in [5, 5.41) is 0. The SMILES string of the molecule is C/C(=C1/C(=O)C[C@@H]2[C@H]1C2(C)C)N1C[C@@H]2C[C@H](C1)c1cccc(=O)n1C2. The van der Waals surface area contributed by atoms with E-state index in [4.69, 9.17) is 0 Å². The van der Waals surface area contributed by atoms with Gasteiger partial charge in [0.05, 0.1) is 0 Å². The van der Waals surface area contributed by atoms with Crippen molar-refractivity contribution in [1.82, 2.24) is 9.47 Å². The maximum absolute atomic E-state index is 12.5. The van der Waals surface area contributed by atoms with Crippen LogP contribution in [0.2, 0.25) is 0 Å². The third kappa shape index (κ3) is 2.06. The Hall–Kier alpha value is -1.84. The van der Waals surface area contributed by atoms with Crippen LogP contribution in [0.3, 0.4) is 0 Å². The van der Waals surface area contributed by atoms with Crippen molar-refractivity contribution in [2.45, 2.75) is 46.1 Å². The van der Waals surface area contributed by atoms with Crippen molar-refractivity contribution < 1.29 is 4.79 Å². The summed E-state index contributed by atoms with van der Waals surface area (Å²) in [4.78, 5) is 27.2. The van der Waals surface area contributed by atoms with Gasteiger partial charge < -0.3 is 9.47 Å². The summed E-state index contributed by atoms with van der Waals surface area (Å²) in [6.45, 7) is 9.47. The highest BCUT2D eigenvalue weighted by molar-refractivity contribution is 6.01. The van der Waals surface area contributed by atoms with E-state index in [1.54, 1.807) is 6.07 Å². The highest BCUT2D eigenvalue weighted by atomic mass is 16.1. The van der Waals surface area contributed by atoms with Crippen molar-refractivity contribution in [2.75, 3.05) is 13.1 Å². The zero-order valence-corrected chi connectivity index (χ0v) is 15.3. The van der Waals surface area contributed by atoms with Gasteiger partial charge >= 0.3 is 0 Å². The van der Waals surface area contributed by atoms with E-state index in [2.05, 4.69) is 31.7 Å². The van der Waals surface area contributed by atoms with E-state index in [-0.39, 0.29) is 5.56 Å². The number of fused-ring (bicyclic) bond motifs is 5. The first-order valence-electron chi connectivity index (χ1n) is 9.56. The van der Waals surface area contributed by atoms with Crippen LogP contribution in [-0.4, -0.2) is 28.3 Å². The zero-order valence-electron chi connectivity index (χ0n) is 15.3. The molecule has 3 fully saturated rings. The molecule has 0 spiro atoms. The number of carbonyl (C=O) groups excluding carboxylic acids is 1. The molecule has 3 heterocycles. The molecule has 2 aliphatic carbocycles. The number of Topliss-reactive ketones (excluding diaryl/α,β-unsaturated/α-hetero) is 1. The first-order chi connectivity index (χ1) is 11.9. The molecule has 4 atom stereocenters. The van der Waals surface area contributed by atoms with Crippen molar-refractivity contribution in [1.29, 1.82) is 0 Å². The van der Waals surface area contributed by atoms with Crippen LogP contribution in [0.1, 0.15) is 45.2 Å². The molecular weight excluding hydrogens is 312 g/mol. The minimum Gasteiger partial charge on any atom is -0.374 e. The summed E-state index contributed by atoms with van der Waals surface area (Å²) in [5.74, 6) is 2.31. The minimum absolute atomic E-state index is 0.129. The lowest BCUT2D eigenvalue weighted by Crippen LogP contribution is -2.46. The molecule has 4 heteroatoms. The molecular formula is C21H26N2O2. The Bertz CT molecular complexity index is 863. The second-order valence-electron chi connectivity index (χ2n) is 9.14. The molecule has 1 aromatic rings. The number of ketones is 1. The molecule has 0 N–H and O–H groups in total. The van der Waals surface area contributed by atoms with E-state index in [9.17, 15) is 9.59 Å². The van der Waals surface area contributed by atoms with E-state index < -0.39 is 0 Å². The monoisotopic (exact) mass is 338 g/mol. The predicted molar refractivity (Wildman–Crippen MR) is 96.2 cm³/mol. The number of carbonyl (C=O) groups is 1. The van der Waals surface area contributed by atoms with Crippen LogP contribution < -0.4 is 5.56 Å². The summed E-state index contributed by atoms with van der Waals surface area (Å²) >= 11 is 0. The molecule has 4 nitrogen and oxygen atoms in total. The minimum atomic E-state index is 0.129. The first kappa shape index (κ1) is 15.4. The van der Waals surface area contributed by atoms with Crippen LogP contribution >= 0.6 is 0 Å². The van der Waals surface area contributed by atoms with Crippen LogP contribution in [0, 0.1) is 23.2 Å². The van der Waals surface area contributed by atoms with Crippen molar-refractivity contribution in [3.8, 4) is 0 Å². The van der Waals surface area contributed by atoms with E-state index in [0.717, 1.165) is 38.0 Å². The van der Waals surface area contributed by atoms with Crippen molar-refractivity contribution in [3.05, 3.63) is 45.5 Å². The van der Waals surface area contributed by atoms with E-state index in [1.807, 2.05) is 10.6 Å². The van der Waals surface area contributed by atoms with Crippen LogP contribution in [-0.2, 0) is 11.3 Å². The number of allylic oxidation sites excluding steroid dienone is 2. The average molecular weight is 338 g/mol. The van der Waals surface area contributed by atoms with Gasteiger partial charge in [0.15, 0.2) is 5.78 Å². The summed E-state index contributed by atoms with van der Waals surface area (Å²) in [6.07, 6.45) is 1.90. The number of aromatic nitrogens is 1. The lowest BCUT2D eigenvalue weighted by molar-refractivity contribution is -0.115. The molecule has 25 heavy (non-hydrogen) atoms. The molecule has 5 rings (SSSR count). The second-order valence-corrected chi connectivity index (χ2v) is 9.14. The van der Waals surface area contributed by atoms with E-state index in [0.29, 0.717) is 34.9 Å². The summed E-state index contributed by atoms with van der Waals surface area (Å²) < 4.78 is 1.97. The zero-order chi connectivity index (χ0) is 17.5. The number of likely N-dealkylation sites (tertiary alicyclic amines) is 1. The van der Waals surface area contributed by atoms with Gasteiger partial charge in [-0.05, 0) is 42.6 Å². The molecule has 4 aliphatic rings. The van der Waals surface area contributed by atoms with Gasteiger partial charge in [0, 0.05) is 55.0 Å². The summed E-state index contributed by atoms with van der Waals surface area (Å²) in [6, 6.07) is 5.66. The fourth-order valence-corrected chi connectivity index (χ4v) is 5.95. The standard InChI is InChI=1S/C21H26N2O2/c1-12(19-17(24)8-15-20(19)21(15,2)3)22-9-13-7-14(11-22)16-5-4-6-18(25)23(16)10-13/h4-6,13-15,20H,7-11H2,1-3H3/b19-12+/t13-,14+,15+,20+/m0/s1. The van der Waals surface area contributed by atoms with Gasteiger partial charge in [-0.3, -0.25) is 9.59 Å². The Morgan fingerprint density at radius 1 is 1.16 bits per heavy atom. The Labute approximate surface area is 148 Å². The Kier molecular flexibility index (Phi) is 3.00. The maximum atomic E-state index is 12.5. The molecule has 0 amide bonds.